The van der Waals surface area contributed by atoms with Crippen molar-refractivity contribution in [3.8, 4) is 0 Å². The van der Waals surface area contributed by atoms with E-state index in [1.54, 1.807) is 0 Å². The number of likely N-dealkylation sites (tertiary alicyclic amines) is 1. The van der Waals surface area contributed by atoms with Crippen LogP contribution in [0.5, 0.6) is 0 Å². The number of carbonyl (C=O) groups excluding carboxylic acids is 2. The summed E-state index contributed by atoms with van der Waals surface area (Å²) in [5.41, 5.74) is 6.68. The van der Waals surface area contributed by atoms with Crippen LogP contribution in [0.15, 0.2) is 42.5 Å². The van der Waals surface area contributed by atoms with E-state index in [-0.39, 0.29) is 43.2 Å². The van der Waals surface area contributed by atoms with Crippen molar-refractivity contribution in [1.29, 1.82) is 0 Å². The fraction of sp³-hybridized carbons (Fsp3) is 0.400. The number of hydrogen-bond donors (Lipinski definition) is 2. The maximum Gasteiger partial charge on any atom is 0.242 e. The van der Waals surface area contributed by atoms with Crippen LogP contribution in [0, 0.1) is 5.92 Å². The molecule has 5 nitrogen and oxygen atoms in total. The van der Waals surface area contributed by atoms with Gasteiger partial charge in [0.1, 0.15) is 0 Å². The molecule has 2 amide bonds. The molecule has 1 saturated heterocycles. The Morgan fingerprint density at radius 2 is 1.92 bits per heavy atom. The maximum atomic E-state index is 12.4. The van der Waals surface area contributed by atoms with Crippen molar-refractivity contribution in [3.63, 3.8) is 0 Å². The van der Waals surface area contributed by atoms with Gasteiger partial charge in [0, 0.05) is 12.6 Å². The van der Waals surface area contributed by atoms with Crippen molar-refractivity contribution in [2.45, 2.75) is 25.8 Å². The number of carbonyl (C=O) groups is 2. The molecule has 6 heteroatoms. The lowest BCUT2D eigenvalue weighted by Gasteiger charge is -2.21. The van der Waals surface area contributed by atoms with Gasteiger partial charge in [-0.05, 0) is 42.1 Å². The number of hydrogen-bond acceptors (Lipinski definition) is 3. The molecule has 1 heterocycles. The van der Waals surface area contributed by atoms with Gasteiger partial charge in [0.05, 0.1) is 13.0 Å². The van der Waals surface area contributed by atoms with Crippen molar-refractivity contribution in [1.82, 2.24) is 10.2 Å². The topological polar surface area (TPSA) is 75.4 Å². The number of nitrogens with one attached hydrogen (secondary N) is 1. The Hall–Kier alpha value is -2.11. The molecule has 3 rings (SSSR count). The lowest BCUT2D eigenvalue weighted by Crippen LogP contribution is -2.42. The van der Waals surface area contributed by atoms with E-state index in [1.165, 1.54) is 0 Å². The molecule has 0 bridgehead atoms. The van der Waals surface area contributed by atoms with Gasteiger partial charge < -0.3 is 16.0 Å². The lowest BCUT2D eigenvalue weighted by molar-refractivity contribution is -0.133. The standard InChI is InChI=1S/C20H25N3O2.ClH/c1-14-9-15(11-21)13-23(14)20(25)12-22-19(24)10-17-7-4-6-16-5-2-3-8-18(16)17;/h2-8,14-15H,9-13,21H2,1H3,(H,22,24);1H. The lowest BCUT2D eigenvalue weighted by atomic mass is 10.0. The van der Waals surface area contributed by atoms with E-state index in [1.807, 2.05) is 54.3 Å². The fourth-order valence-corrected chi connectivity index (χ4v) is 3.62. The first-order valence-corrected chi connectivity index (χ1v) is 8.81. The quantitative estimate of drug-likeness (QED) is 0.840. The molecular weight excluding hydrogens is 350 g/mol. The average molecular weight is 376 g/mol. The van der Waals surface area contributed by atoms with E-state index in [0.29, 0.717) is 19.0 Å². The zero-order chi connectivity index (χ0) is 17.8. The van der Waals surface area contributed by atoms with Crippen LogP contribution in [0.25, 0.3) is 10.8 Å². The first-order chi connectivity index (χ1) is 12.1. The molecule has 0 saturated carbocycles. The van der Waals surface area contributed by atoms with E-state index in [4.69, 9.17) is 5.73 Å². The van der Waals surface area contributed by atoms with Crippen molar-refractivity contribution in [3.05, 3.63) is 48.0 Å². The molecule has 2 atom stereocenters. The van der Waals surface area contributed by atoms with Crippen molar-refractivity contribution in [2.24, 2.45) is 11.7 Å². The number of fused-ring (bicyclic) bond motifs is 1. The summed E-state index contributed by atoms with van der Waals surface area (Å²) in [6.45, 7) is 3.37. The second kappa shape index (κ2) is 9.01. The van der Waals surface area contributed by atoms with Gasteiger partial charge in [0.2, 0.25) is 11.8 Å². The summed E-state index contributed by atoms with van der Waals surface area (Å²) in [5.74, 6) is 0.201. The number of rotatable bonds is 5. The van der Waals surface area contributed by atoms with Gasteiger partial charge >= 0.3 is 0 Å². The SMILES string of the molecule is CC1CC(CN)CN1C(=O)CNC(=O)Cc1cccc2ccccc12.Cl. The van der Waals surface area contributed by atoms with Crippen molar-refractivity contribution >= 4 is 35.0 Å². The molecule has 0 aromatic heterocycles. The third kappa shape index (κ3) is 4.54. The highest BCUT2D eigenvalue weighted by Gasteiger charge is 2.31. The third-order valence-corrected chi connectivity index (χ3v) is 4.98. The third-order valence-electron chi connectivity index (χ3n) is 4.98. The van der Waals surface area contributed by atoms with Gasteiger partial charge in [-0.25, -0.2) is 0 Å². The predicted molar refractivity (Wildman–Crippen MR) is 106 cm³/mol. The van der Waals surface area contributed by atoms with Crippen LogP contribution in [0.4, 0.5) is 0 Å². The molecule has 1 aliphatic heterocycles. The normalized spacial score (nSPS) is 19.2. The summed E-state index contributed by atoms with van der Waals surface area (Å²) in [5, 5.41) is 4.95. The summed E-state index contributed by atoms with van der Waals surface area (Å²) in [6, 6.07) is 14.1. The molecule has 2 aromatic rings. The van der Waals surface area contributed by atoms with Crippen LogP contribution in [-0.2, 0) is 16.0 Å². The monoisotopic (exact) mass is 375 g/mol. The van der Waals surface area contributed by atoms with Crippen LogP contribution >= 0.6 is 12.4 Å². The largest absolute Gasteiger partial charge is 0.347 e. The van der Waals surface area contributed by atoms with E-state index < -0.39 is 0 Å². The Labute approximate surface area is 160 Å². The van der Waals surface area contributed by atoms with Gasteiger partial charge in [-0.1, -0.05) is 42.5 Å². The van der Waals surface area contributed by atoms with Gasteiger partial charge in [0.25, 0.3) is 0 Å². The molecule has 2 unspecified atom stereocenters. The summed E-state index contributed by atoms with van der Waals surface area (Å²) >= 11 is 0. The zero-order valence-electron chi connectivity index (χ0n) is 15.0. The molecule has 1 fully saturated rings. The molecule has 140 valence electrons. The van der Waals surface area contributed by atoms with Gasteiger partial charge in [-0.3, -0.25) is 9.59 Å². The fourth-order valence-electron chi connectivity index (χ4n) is 3.62. The number of amides is 2. The number of benzene rings is 2. The summed E-state index contributed by atoms with van der Waals surface area (Å²) in [4.78, 5) is 26.5. The second-order valence-electron chi connectivity index (χ2n) is 6.82. The van der Waals surface area contributed by atoms with E-state index in [2.05, 4.69) is 5.32 Å². The summed E-state index contributed by atoms with van der Waals surface area (Å²) in [7, 11) is 0. The van der Waals surface area contributed by atoms with Crippen LogP contribution in [0.3, 0.4) is 0 Å². The number of nitrogens with two attached hydrogens (primary N) is 1. The molecular formula is C20H26ClN3O2. The Morgan fingerprint density at radius 1 is 1.19 bits per heavy atom. The first-order valence-electron chi connectivity index (χ1n) is 8.81. The highest BCUT2D eigenvalue weighted by Crippen LogP contribution is 2.22. The summed E-state index contributed by atoms with van der Waals surface area (Å²) < 4.78 is 0. The average Bonchev–Trinajstić information content (AvgIpc) is 3.01. The van der Waals surface area contributed by atoms with E-state index >= 15 is 0 Å². The van der Waals surface area contributed by atoms with E-state index in [9.17, 15) is 9.59 Å². The Bertz CT molecular complexity index is 775. The minimum Gasteiger partial charge on any atom is -0.347 e. The molecule has 0 radical (unpaired) electrons. The maximum absolute atomic E-state index is 12.4. The Balaban J connectivity index is 0.00000243. The molecule has 1 aliphatic rings. The second-order valence-corrected chi connectivity index (χ2v) is 6.82. The van der Waals surface area contributed by atoms with Gasteiger partial charge in [0.15, 0.2) is 0 Å². The summed E-state index contributed by atoms with van der Waals surface area (Å²) in [6.07, 6.45) is 1.21. The van der Waals surface area contributed by atoms with Crippen molar-refractivity contribution in [2.75, 3.05) is 19.6 Å². The Kier molecular flexibility index (Phi) is 7.00. The molecule has 3 N–H and O–H groups in total. The molecule has 0 spiro atoms. The first kappa shape index (κ1) is 20.2. The minimum atomic E-state index is -0.132. The number of halogens is 1. The van der Waals surface area contributed by atoms with Crippen LogP contribution in [0.1, 0.15) is 18.9 Å². The van der Waals surface area contributed by atoms with Gasteiger partial charge in [-0.15, -0.1) is 12.4 Å². The van der Waals surface area contributed by atoms with Crippen molar-refractivity contribution < 1.29 is 9.59 Å². The smallest absolute Gasteiger partial charge is 0.242 e. The minimum absolute atomic E-state index is 0. The molecule has 26 heavy (non-hydrogen) atoms. The van der Waals surface area contributed by atoms with Crippen LogP contribution < -0.4 is 11.1 Å². The number of nitrogens with zero attached hydrogens (tertiary/aromatic N) is 1. The van der Waals surface area contributed by atoms with Crippen LogP contribution in [0.2, 0.25) is 0 Å². The molecule has 2 aromatic carbocycles. The Morgan fingerprint density at radius 3 is 2.65 bits per heavy atom. The zero-order valence-corrected chi connectivity index (χ0v) is 15.8. The predicted octanol–water partition coefficient (Wildman–Crippen LogP) is 2.12. The van der Waals surface area contributed by atoms with E-state index in [0.717, 1.165) is 22.8 Å². The molecule has 0 aliphatic carbocycles. The van der Waals surface area contributed by atoms with Crippen LogP contribution in [-0.4, -0.2) is 42.4 Å². The van der Waals surface area contributed by atoms with Gasteiger partial charge in [-0.2, -0.15) is 0 Å². The highest BCUT2D eigenvalue weighted by molar-refractivity contribution is 5.91. The highest BCUT2D eigenvalue weighted by atomic mass is 35.5.